The summed E-state index contributed by atoms with van der Waals surface area (Å²) in [7, 11) is 0. The van der Waals surface area contributed by atoms with Gasteiger partial charge in [0.15, 0.2) is 5.76 Å². The summed E-state index contributed by atoms with van der Waals surface area (Å²) in [5.74, 6) is -0.916. The second-order valence-electron chi connectivity index (χ2n) is 5.82. The third-order valence-corrected chi connectivity index (χ3v) is 3.93. The number of amides is 1. The Morgan fingerprint density at radius 3 is 2.62 bits per heavy atom. The molecule has 1 heterocycles. The van der Waals surface area contributed by atoms with Gasteiger partial charge in [-0.2, -0.15) is 0 Å². The number of hydrogen-bond acceptors (Lipinski definition) is 6. The molecule has 0 aliphatic rings. The van der Waals surface area contributed by atoms with Crippen LogP contribution in [0.5, 0.6) is 0 Å². The van der Waals surface area contributed by atoms with Crippen LogP contribution in [0.4, 0.5) is 5.69 Å². The molecule has 0 radical (unpaired) electrons. The number of nitro groups is 1. The van der Waals surface area contributed by atoms with E-state index in [1.807, 2.05) is 0 Å². The standard InChI is InChI=1S/C18H15N3O5/c19-14(9-17(20)22)10-4-5-15-12(6-10)8-16(26-15)18(23)11-2-1-3-13(7-11)21(24)25/h1-8,14H,9,19H2,(H2,20,22). The summed E-state index contributed by atoms with van der Waals surface area (Å²) in [5.41, 5.74) is 12.2. The summed E-state index contributed by atoms with van der Waals surface area (Å²) in [6, 6.07) is 11.5. The van der Waals surface area contributed by atoms with E-state index in [-0.39, 0.29) is 23.4 Å². The number of fused-ring (bicyclic) bond motifs is 1. The molecule has 1 amide bonds. The molecule has 0 aliphatic heterocycles. The van der Waals surface area contributed by atoms with Gasteiger partial charge in [0.2, 0.25) is 11.7 Å². The highest BCUT2D eigenvalue weighted by Gasteiger charge is 2.18. The summed E-state index contributed by atoms with van der Waals surface area (Å²) >= 11 is 0. The Morgan fingerprint density at radius 1 is 1.15 bits per heavy atom. The minimum atomic E-state index is -0.568. The lowest BCUT2D eigenvalue weighted by Gasteiger charge is -2.09. The van der Waals surface area contributed by atoms with Crippen LogP contribution < -0.4 is 11.5 Å². The Kier molecular flexibility index (Phi) is 4.51. The fourth-order valence-electron chi connectivity index (χ4n) is 2.64. The second kappa shape index (κ2) is 6.77. The molecule has 8 heteroatoms. The molecule has 8 nitrogen and oxygen atoms in total. The summed E-state index contributed by atoms with van der Waals surface area (Å²) in [4.78, 5) is 33.8. The fraction of sp³-hybridized carbons (Fsp3) is 0.111. The molecule has 0 bridgehead atoms. The monoisotopic (exact) mass is 353 g/mol. The zero-order valence-corrected chi connectivity index (χ0v) is 13.5. The number of rotatable bonds is 6. The van der Waals surface area contributed by atoms with Crippen LogP contribution in [0.2, 0.25) is 0 Å². The number of carbonyl (C=O) groups excluding carboxylic acids is 2. The summed E-state index contributed by atoms with van der Waals surface area (Å²) in [6.45, 7) is 0. The molecule has 3 aromatic rings. The van der Waals surface area contributed by atoms with Crippen molar-refractivity contribution >= 4 is 28.3 Å². The summed E-state index contributed by atoms with van der Waals surface area (Å²) in [6.07, 6.45) is 0.00281. The topological polar surface area (TPSA) is 142 Å². The van der Waals surface area contributed by atoms with Crippen LogP contribution in [-0.2, 0) is 4.79 Å². The van der Waals surface area contributed by atoms with E-state index in [9.17, 15) is 19.7 Å². The largest absolute Gasteiger partial charge is 0.453 e. The van der Waals surface area contributed by atoms with Gasteiger partial charge >= 0.3 is 0 Å². The van der Waals surface area contributed by atoms with Crippen molar-refractivity contribution in [3.63, 3.8) is 0 Å². The Hall–Kier alpha value is -3.52. The lowest BCUT2D eigenvalue weighted by atomic mass is 10.0. The smallest absolute Gasteiger partial charge is 0.270 e. The summed E-state index contributed by atoms with van der Waals surface area (Å²) < 4.78 is 5.55. The normalized spacial score (nSPS) is 12.0. The van der Waals surface area contributed by atoms with Crippen molar-refractivity contribution in [1.82, 2.24) is 0 Å². The van der Waals surface area contributed by atoms with E-state index >= 15 is 0 Å². The number of ketones is 1. The first kappa shape index (κ1) is 17.3. The molecule has 1 unspecified atom stereocenters. The van der Waals surface area contributed by atoms with Crippen molar-refractivity contribution in [1.29, 1.82) is 0 Å². The van der Waals surface area contributed by atoms with Crippen molar-refractivity contribution < 1.29 is 18.9 Å². The zero-order valence-electron chi connectivity index (χ0n) is 13.5. The van der Waals surface area contributed by atoms with Crippen LogP contribution in [0.25, 0.3) is 11.0 Å². The van der Waals surface area contributed by atoms with Crippen LogP contribution in [0.15, 0.2) is 52.9 Å². The number of carbonyl (C=O) groups is 2. The molecule has 3 rings (SSSR count). The van der Waals surface area contributed by atoms with E-state index in [0.717, 1.165) is 0 Å². The van der Waals surface area contributed by atoms with E-state index in [0.29, 0.717) is 16.5 Å². The molecule has 0 aliphatic carbocycles. The second-order valence-corrected chi connectivity index (χ2v) is 5.82. The van der Waals surface area contributed by atoms with Crippen molar-refractivity contribution in [2.24, 2.45) is 11.5 Å². The number of nitro benzene ring substituents is 1. The maximum atomic E-state index is 12.6. The minimum Gasteiger partial charge on any atom is -0.453 e. The van der Waals surface area contributed by atoms with Crippen molar-refractivity contribution in [3.8, 4) is 0 Å². The van der Waals surface area contributed by atoms with E-state index in [2.05, 4.69) is 0 Å². The minimum absolute atomic E-state index is 0.00281. The van der Waals surface area contributed by atoms with E-state index in [4.69, 9.17) is 15.9 Å². The van der Waals surface area contributed by atoms with Crippen molar-refractivity contribution in [2.75, 3.05) is 0 Å². The van der Waals surface area contributed by atoms with Gasteiger partial charge in [0, 0.05) is 35.5 Å². The number of benzene rings is 2. The number of primary amides is 1. The van der Waals surface area contributed by atoms with Gasteiger partial charge in [-0.05, 0) is 23.8 Å². The van der Waals surface area contributed by atoms with Gasteiger partial charge in [0.1, 0.15) is 5.58 Å². The average Bonchev–Trinajstić information content (AvgIpc) is 3.03. The molecule has 0 saturated carbocycles. The lowest BCUT2D eigenvalue weighted by molar-refractivity contribution is -0.384. The molecule has 4 N–H and O–H groups in total. The van der Waals surface area contributed by atoms with E-state index < -0.39 is 22.7 Å². The summed E-state index contributed by atoms with van der Waals surface area (Å²) in [5, 5.41) is 11.5. The SMILES string of the molecule is NC(=O)CC(N)c1ccc2oc(C(=O)c3cccc([N+](=O)[O-])c3)cc2c1. The highest BCUT2D eigenvalue weighted by Crippen LogP contribution is 2.26. The van der Waals surface area contributed by atoms with Gasteiger partial charge < -0.3 is 15.9 Å². The number of non-ortho nitro benzene ring substituents is 1. The van der Waals surface area contributed by atoms with Gasteiger partial charge in [-0.15, -0.1) is 0 Å². The molecule has 2 aromatic carbocycles. The van der Waals surface area contributed by atoms with Gasteiger partial charge in [-0.3, -0.25) is 19.7 Å². The van der Waals surface area contributed by atoms with E-state index in [1.54, 1.807) is 18.2 Å². The fourth-order valence-corrected chi connectivity index (χ4v) is 2.64. The molecule has 0 saturated heterocycles. The Labute approximate surface area is 147 Å². The van der Waals surface area contributed by atoms with Crippen molar-refractivity contribution in [3.05, 3.63) is 75.5 Å². The first-order valence-corrected chi connectivity index (χ1v) is 7.71. The maximum Gasteiger partial charge on any atom is 0.270 e. The van der Waals surface area contributed by atoms with Gasteiger partial charge in [-0.25, -0.2) is 0 Å². The average molecular weight is 353 g/mol. The number of nitrogens with zero attached hydrogens (tertiary/aromatic N) is 1. The third kappa shape index (κ3) is 3.45. The first-order chi connectivity index (χ1) is 12.3. The predicted molar refractivity (Wildman–Crippen MR) is 93.5 cm³/mol. The predicted octanol–water partition coefficient (Wildman–Crippen LogP) is 2.45. The highest BCUT2D eigenvalue weighted by molar-refractivity contribution is 6.09. The molecule has 1 atom stereocenters. The third-order valence-electron chi connectivity index (χ3n) is 3.93. The Balaban J connectivity index is 1.93. The molecular formula is C18H15N3O5. The molecular weight excluding hydrogens is 338 g/mol. The molecule has 26 heavy (non-hydrogen) atoms. The molecule has 0 fully saturated rings. The molecule has 0 spiro atoms. The quantitative estimate of drug-likeness (QED) is 0.396. The van der Waals surface area contributed by atoms with Crippen LogP contribution in [0.1, 0.15) is 34.1 Å². The number of hydrogen-bond donors (Lipinski definition) is 2. The number of furan rings is 1. The molecule has 132 valence electrons. The lowest BCUT2D eigenvalue weighted by Crippen LogP contribution is -2.20. The number of nitrogens with two attached hydrogens (primary N) is 2. The van der Waals surface area contributed by atoms with Crippen LogP contribution in [0, 0.1) is 10.1 Å². The molecule has 1 aromatic heterocycles. The van der Waals surface area contributed by atoms with Gasteiger partial charge in [-0.1, -0.05) is 18.2 Å². The van der Waals surface area contributed by atoms with E-state index in [1.165, 1.54) is 30.3 Å². The van der Waals surface area contributed by atoms with Crippen LogP contribution in [0.3, 0.4) is 0 Å². The maximum absolute atomic E-state index is 12.6. The van der Waals surface area contributed by atoms with Gasteiger partial charge in [0.25, 0.3) is 5.69 Å². The first-order valence-electron chi connectivity index (χ1n) is 7.71. The van der Waals surface area contributed by atoms with Crippen molar-refractivity contribution in [2.45, 2.75) is 12.5 Å². The highest BCUT2D eigenvalue weighted by atomic mass is 16.6. The van der Waals surface area contributed by atoms with Crippen LogP contribution >= 0.6 is 0 Å². The van der Waals surface area contributed by atoms with Gasteiger partial charge in [0.05, 0.1) is 4.92 Å². The Morgan fingerprint density at radius 2 is 1.92 bits per heavy atom. The zero-order chi connectivity index (χ0) is 18.8. The Bertz CT molecular complexity index is 1020. The van der Waals surface area contributed by atoms with Crippen LogP contribution in [-0.4, -0.2) is 16.6 Å².